The summed E-state index contributed by atoms with van der Waals surface area (Å²) >= 11 is 0. The van der Waals surface area contributed by atoms with E-state index in [1.165, 1.54) is 12.1 Å². The van der Waals surface area contributed by atoms with E-state index in [1.807, 2.05) is 42.3 Å². The third-order valence-electron chi connectivity index (χ3n) is 3.05. The van der Waals surface area contributed by atoms with Gasteiger partial charge < -0.3 is 15.5 Å². The fourth-order valence-electron chi connectivity index (χ4n) is 1.88. The molecule has 2 amide bonds. The van der Waals surface area contributed by atoms with E-state index in [4.69, 9.17) is 0 Å². The zero-order valence-corrected chi connectivity index (χ0v) is 11.8. The van der Waals surface area contributed by atoms with Crippen molar-refractivity contribution in [2.45, 2.75) is 0 Å². The number of urea groups is 1. The number of amides is 2. The molecule has 2 aromatic rings. The van der Waals surface area contributed by atoms with Crippen molar-refractivity contribution in [3.05, 3.63) is 60.4 Å². The first-order valence-corrected chi connectivity index (χ1v) is 6.72. The number of rotatable bonds is 5. The number of hydrogen-bond acceptors (Lipinski definition) is 2. The van der Waals surface area contributed by atoms with Gasteiger partial charge in [-0.1, -0.05) is 30.3 Å². The summed E-state index contributed by atoms with van der Waals surface area (Å²) in [6, 6.07) is 15.5. The Kier molecular flexibility index (Phi) is 5.15. The van der Waals surface area contributed by atoms with E-state index in [-0.39, 0.29) is 5.69 Å². The highest BCUT2D eigenvalue weighted by Crippen LogP contribution is 2.12. The standard InChI is InChI=1S/C16H18FN3O/c1-20(13-7-3-2-4-8-13)12-11-18-16(21)19-15-10-6-5-9-14(15)17/h2-10H,11-12H2,1H3,(H2,18,19,21). The highest BCUT2D eigenvalue weighted by Gasteiger charge is 2.06. The van der Waals surface area contributed by atoms with E-state index < -0.39 is 11.8 Å². The number of carbonyl (C=O) groups is 1. The molecule has 4 nitrogen and oxygen atoms in total. The predicted molar refractivity (Wildman–Crippen MR) is 83.1 cm³/mol. The lowest BCUT2D eigenvalue weighted by Gasteiger charge is -2.19. The molecule has 0 heterocycles. The summed E-state index contributed by atoms with van der Waals surface area (Å²) in [4.78, 5) is 13.7. The lowest BCUT2D eigenvalue weighted by atomic mass is 10.3. The summed E-state index contributed by atoms with van der Waals surface area (Å²) in [6.07, 6.45) is 0. The average Bonchev–Trinajstić information content (AvgIpc) is 2.50. The maximum atomic E-state index is 13.4. The van der Waals surface area contributed by atoms with Gasteiger partial charge in [-0.25, -0.2) is 9.18 Å². The number of carbonyl (C=O) groups excluding carboxylic acids is 1. The van der Waals surface area contributed by atoms with Crippen LogP contribution in [0, 0.1) is 5.82 Å². The summed E-state index contributed by atoms with van der Waals surface area (Å²) in [5.41, 5.74) is 1.25. The molecular formula is C16H18FN3O. The van der Waals surface area contributed by atoms with Gasteiger partial charge in [0, 0.05) is 25.8 Å². The molecule has 0 aliphatic heterocycles. The summed E-state index contributed by atoms with van der Waals surface area (Å²) < 4.78 is 13.4. The number of nitrogens with zero attached hydrogens (tertiary/aromatic N) is 1. The van der Waals surface area contributed by atoms with Crippen LogP contribution in [0.15, 0.2) is 54.6 Å². The Morgan fingerprint density at radius 1 is 1.10 bits per heavy atom. The molecule has 0 aliphatic rings. The van der Waals surface area contributed by atoms with Crippen molar-refractivity contribution in [3.63, 3.8) is 0 Å². The normalized spacial score (nSPS) is 10.0. The monoisotopic (exact) mass is 287 g/mol. The molecule has 0 saturated carbocycles. The first kappa shape index (κ1) is 14.8. The smallest absolute Gasteiger partial charge is 0.319 e. The van der Waals surface area contributed by atoms with Crippen LogP contribution >= 0.6 is 0 Å². The minimum atomic E-state index is -0.450. The van der Waals surface area contributed by atoms with Crippen molar-refractivity contribution in [2.75, 3.05) is 30.4 Å². The fraction of sp³-hybridized carbons (Fsp3) is 0.188. The van der Waals surface area contributed by atoms with Crippen molar-refractivity contribution in [1.82, 2.24) is 5.32 Å². The van der Waals surface area contributed by atoms with Gasteiger partial charge in [0.25, 0.3) is 0 Å². The lowest BCUT2D eigenvalue weighted by Crippen LogP contribution is -2.35. The Hall–Kier alpha value is -2.56. The van der Waals surface area contributed by atoms with Gasteiger partial charge in [-0.05, 0) is 24.3 Å². The van der Waals surface area contributed by atoms with E-state index >= 15 is 0 Å². The number of likely N-dealkylation sites (N-methyl/N-ethyl adjacent to an activating group) is 1. The van der Waals surface area contributed by atoms with Crippen LogP contribution < -0.4 is 15.5 Å². The second-order valence-electron chi connectivity index (χ2n) is 4.62. The van der Waals surface area contributed by atoms with Crippen LogP contribution in [0.2, 0.25) is 0 Å². The molecule has 0 saturated heterocycles. The van der Waals surface area contributed by atoms with E-state index in [1.54, 1.807) is 12.1 Å². The molecule has 0 atom stereocenters. The first-order chi connectivity index (χ1) is 10.2. The summed E-state index contributed by atoms with van der Waals surface area (Å²) in [6.45, 7) is 1.13. The van der Waals surface area contributed by atoms with Gasteiger partial charge in [0.15, 0.2) is 0 Å². The number of halogens is 1. The second kappa shape index (κ2) is 7.28. The Labute approximate surface area is 123 Å². The van der Waals surface area contributed by atoms with E-state index in [2.05, 4.69) is 10.6 Å². The maximum absolute atomic E-state index is 13.4. The molecular weight excluding hydrogens is 269 g/mol. The van der Waals surface area contributed by atoms with Crippen LogP contribution in [0.4, 0.5) is 20.6 Å². The Bertz CT molecular complexity index is 589. The molecule has 0 bridgehead atoms. The Morgan fingerprint density at radius 3 is 2.48 bits per heavy atom. The van der Waals surface area contributed by atoms with Crippen LogP contribution in [0.1, 0.15) is 0 Å². The Morgan fingerprint density at radius 2 is 1.76 bits per heavy atom. The SMILES string of the molecule is CN(CCNC(=O)Nc1ccccc1F)c1ccccc1. The molecule has 110 valence electrons. The van der Waals surface area contributed by atoms with Crippen molar-refractivity contribution in [3.8, 4) is 0 Å². The van der Waals surface area contributed by atoms with Gasteiger partial charge >= 0.3 is 6.03 Å². The number of para-hydroxylation sites is 2. The third kappa shape index (κ3) is 4.49. The molecule has 0 radical (unpaired) electrons. The van der Waals surface area contributed by atoms with Crippen molar-refractivity contribution in [1.29, 1.82) is 0 Å². The maximum Gasteiger partial charge on any atom is 0.319 e. The topological polar surface area (TPSA) is 44.4 Å². The van der Waals surface area contributed by atoms with E-state index in [0.29, 0.717) is 13.1 Å². The van der Waals surface area contributed by atoms with Gasteiger partial charge in [0.2, 0.25) is 0 Å². The second-order valence-corrected chi connectivity index (χ2v) is 4.62. The lowest BCUT2D eigenvalue weighted by molar-refractivity contribution is 0.252. The molecule has 2 aromatic carbocycles. The first-order valence-electron chi connectivity index (χ1n) is 6.72. The Balaban J connectivity index is 1.76. The van der Waals surface area contributed by atoms with Gasteiger partial charge in [0.1, 0.15) is 5.82 Å². The highest BCUT2D eigenvalue weighted by molar-refractivity contribution is 5.89. The molecule has 2 rings (SSSR count). The summed E-state index contributed by atoms with van der Waals surface area (Å²) in [7, 11) is 1.95. The van der Waals surface area contributed by atoms with Gasteiger partial charge in [-0.15, -0.1) is 0 Å². The van der Waals surface area contributed by atoms with Gasteiger partial charge in [-0.2, -0.15) is 0 Å². The van der Waals surface area contributed by atoms with E-state index in [9.17, 15) is 9.18 Å². The number of benzene rings is 2. The molecule has 0 spiro atoms. The van der Waals surface area contributed by atoms with Crippen molar-refractivity contribution in [2.24, 2.45) is 0 Å². The van der Waals surface area contributed by atoms with Crippen LogP contribution in [0.25, 0.3) is 0 Å². The molecule has 0 aromatic heterocycles. The molecule has 0 unspecified atom stereocenters. The number of nitrogens with one attached hydrogen (secondary N) is 2. The quantitative estimate of drug-likeness (QED) is 0.887. The number of anilines is 2. The van der Waals surface area contributed by atoms with Gasteiger partial charge in [0.05, 0.1) is 5.69 Å². The van der Waals surface area contributed by atoms with Gasteiger partial charge in [-0.3, -0.25) is 0 Å². The molecule has 2 N–H and O–H groups in total. The third-order valence-corrected chi connectivity index (χ3v) is 3.05. The zero-order valence-electron chi connectivity index (χ0n) is 11.8. The molecule has 21 heavy (non-hydrogen) atoms. The number of hydrogen-bond donors (Lipinski definition) is 2. The minimum absolute atomic E-state index is 0.173. The summed E-state index contributed by atoms with van der Waals surface area (Å²) in [5, 5.41) is 5.18. The largest absolute Gasteiger partial charge is 0.373 e. The van der Waals surface area contributed by atoms with Crippen LogP contribution in [-0.4, -0.2) is 26.2 Å². The minimum Gasteiger partial charge on any atom is -0.373 e. The highest BCUT2D eigenvalue weighted by atomic mass is 19.1. The zero-order chi connectivity index (χ0) is 15.1. The van der Waals surface area contributed by atoms with Crippen molar-refractivity contribution >= 4 is 17.4 Å². The molecule has 5 heteroatoms. The fourth-order valence-corrected chi connectivity index (χ4v) is 1.88. The van der Waals surface area contributed by atoms with Crippen LogP contribution in [0.3, 0.4) is 0 Å². The van der Waals surface area contributed by atoms with E-state index in [0.717, 1.165) is 5.69 Å². The predicted octanol–water partition coefficient (Wildman–Crippen LogP) is 3.08. The molecule has 0 aliphatic carbocycles. The van der Waals surface area contributed by atoms with Crippen LogP contribution in [0.5, 0.6) is 0 Å². The van der Waals surface area contributed by atoms with Crippen molar-refractivity contribution < 1.29 is 9.18 Å². The van der Waals surface area contributed by atoms with Crippen LogP contribution in [-0.2, 0) is 0 Å². The molecule has 0 fully saturated rings. The summed E-state index contributed by atoms with van der Waals surface area (Å²) in [5.74, 6) is -0.450. The average molecular weight is 287 g/mol.